The molecule has 0 atom stereocenters. The van der Waals surface area contributed by atoms with Crippen molar-refractivity contribution >= 4 is 0 Å². The molecule has 0 bridgehead atoms. The third-order valence-corrected chi connectivity index (χ3v) is 4.92. The Bertz CT molecular complexity index is 475. The average Bonchev–Trinajstić information content (AvgIpc) is 2.51. The van der Waals surface area contributed by atoms with Crippen LogP contribution < -0.4 is 0 Å². The molecule has 0 aliphatic rings. The zero-order valence-corrected chi connectivity index (χ0v) is 16.0. The fraction of sp³-hybridized carbons (Fsp3) is 0.667. The lowest BCUT2D eigenvalue weighted by atomic mass is 9.75. The van der Waals surface area contributed by atoms with Crippen LogP contribution in [0.4, 0.5) is 0 Å². The molecule has 131 valence electrons. The molecule has 0 amide bonds. The van der Waals surface area contributed by atoms with Crippen molar-refractivity contribution in [1.29, 1.82) is 0 Å². The number of aryl methyl sites for hydroxylation is 1. The van der Waals surface area contributed by atoms with E-state index in [1.165, 1.54) is 16.7 Å². The van der Waals surface area contributed by atoms with Crippen LogP contribution in [0.5, 0.6) is 0 Å². The third kappa shape index (κ3) is 5.61. The lowest BCUT2D eigenvalue weighted by Gasteiger charge is -2.31. The van der Waals surface area contributed by atoms with Crippen molar-refractivity contribution in [3.8, 4) is 0 Å². The van der Waals surface area contributed by atoms with E-state index in [2.05, 4.69) is 52.8 Å². The lowest BCUT2D eigenvalue weighted by molar-refractivity contribution is 0.173. The Hall–Kier alpha value is -0.860. The number of hydrogen-bond donors (Lipinski definition) is 0. The average molecular weight is 320 g/mol. The minimum atomic E-state index is 0.121. The predicted octanol–water partition coefficient (Wildman–Crippen LogP) is 5.08. The maximum atomic E-state index is 5.30. The largest absolute Gasteiger partial charge is 0.385 e. The SMILES string of the molecule is [CH2]CCc1cc(C(C)(C)CCOC)ccc1C(C)(C)CCOC. The Morgan fingerprint density at radius 2 is 1.48 bits per heavy atom. The summed E-state index contributed by atoms with van der Waals surface area (Å²) in [7, 11) is 3.54. The first kappa shape index (κ1) is 20.2. The van der Waals surface area contributed by atoms with Gasteiger partial charge in [-0.05, 0) is 53.2 Å². The van der Waals surface area contributed by atoms with Gasteiger partial charge in [-0.15, -0.1) is 0 Å². The van der Waals surface area contributed by atoms with Crippen LogP contribution in [0.15, 0.2) is 18.2 Å². The molecule has 0 fully saturated rings. The molecule has 2 heteroatoms. The van der Waals surface area contributed by atoms with Gasteiger partial charge in [-0.25, -0.2) is 0 Å². The molecule has 23 heavy (non-hydrogen) atoms. The second-order valence-corrected chi connectivity index (χ2v) is 7.73. The molecule has 1 aromatic rings. The number of rotatable bonds is 10. The summed E-state index contributed by atoms with van der Waals surface area (Å²) in [5.74, 6) is 0. The number of methoxy groups -OCH3 is 2. The van der Waals surface area contributed by atoms with Gasteiger partial charge in [0, 0.05) is 27.4 Å². The van der Waals surface area contributed by atoms with Crippen LogP contribution in [0.1, 0.15) is 63.6 Å². The Labute approximate surface area is 143 Å². The van der Waals surface area contributed by atoms with E-state index >= 15 is 0 Å². The number of ether oxygens (including phenoxy) is 2. The maximum absolute atomic E-state index is 5.30. The molecule has 0 saturated carbocycles. The predicted molar refractivity (Wildman–Crippen MR) is 99.2 cm³/mol. The summed E-state index contributed by atoms with van der Waals surface area (Å²) in [5.41, 5.74) is 4.51. The van der Waals surface area contributed by atoms with Gasteiger partial charge in [0.2, 0.25) is 0 Å². The highest BCUT2D eigenvalue weighted by atomic mass is 16.5. The van der Waals surface area contributed by atoms with E-state index in [-0.39, 0.29) is 10.8 Å². The van der Waals surface area contributed by atoms with Crippen LogP contribution >= 0.6 is 0 Å². The normalized spacial score (nSPS) is 12.7. The Kier molecular flexibility index (Phi) is 7.76. The van der Waals surface area contributed by atoms with E-state index in [1.807, 2.05) is 0 Å². The summed E-state index contributed by atoms with van der Waals surface area (Å²) in [6.45, 7) is 14.9. The van der Waals surface area contributed by atoms with Crippen LogP contribution in [-0.4, -0.2) is 27.4 Å². The van der Waals surface area contributed by atoms with Crippen LogP contribution in [0.2, 0.25) is 0 Å². The van der Waals surface area contributed by atoms with Crippen molar-refractivity contribution in [1.82, 2.24) is 0 Å². The highest BCUT2D eigenvalue weighted by Gasteiger charge is 2.26. The van der Waals surface area contributed by atoms with Gasteiger partial charge in [0.05, 0.1) is 0 Å². The van der Waals surface area contributed by atoms with Crippen LogP contribution in [0.3, 0.4) is 0 Å². The molecule has 1 aromatic carbocycles. The fourth-order valence-corrected chi connectivity index (χ4v) is 3.07. The van der Waals surface area contributed by atoms with E-state index in [0.29, 0.717) is 0 Å². The molecule has 2 nitrogen and oxygen atoms in total. The van der Waals surface area contributed by atoms with E-state index in [0.717, 1.165) is 38.9 Å². The molecule has 0 N–H and O–H groups in total. The minimum absolute atomic E-state index is 0.121. The molecule has 0 unspecified atom stereocenters. The molecule has 0 saturated heterocycles. The zero-order valence-electron chi connectivity index (χ0n) is 16.0. The van der Waals surface area contributed by atoms with Gasteiger partial charge in [-0.1, -0.05) is 52.8 Å². The molecule has 0 aliphatic carbocycles. The summed E-state index contributed by atoms with van der Waals surface area (Å²) in [6, 6.07) is 7.02. The van der Waals surface area contributed by atoms with Gasteiger partial charge in [-0.2, -0.15) is 0 Å². The van der Waals surface area contributed by atoms with Gasteiger partial charge in [0.25, 0.3) is 0 Å². The third-order valence-electron chi connectivity index (χ3n) is 4.92. The Balaban J connectivity index is 3.15. The summed E-state index contributed by atoms with van der Waals surface area (Å²) in [4.78, 5) is 0. The molecular weight excluding hydrogens is 284 g/mol. The summed E-state index contributed by atoms with van der Waals surface area (Å²) >= 11 is 0. The first-order chi connectivity index (χ1) is 10.8. The smallest absolute Gasteiger partial charge is 0.0470 e. The zero-order chi connectivity index (χ0) is 17.5. The van der Waals surface area contributed by atoms with Gasteiger partial charge >= 0.3 is 0 Å². The first-order valence-electron chi connectivity index (χ1n) is 8.69. The maximum Gasteiger partial charge on any atom is 0.0470 e. The first-order valence-corrected chi connectivity index (χ1v) is 8.69. The molecule has 0 heterocycles. The van der Waals surface area contributed by atoms with Crippen molar-refractivity contribution in [2.45, 2.75) is 64.2 Å². The number of hydrogen-bond acceptors (Lipinski definition) is 2. The molecule has 0 aliphatic heterocycles. The molecule has 1 radical (unpaired) electrons. The summed E-state index contributed by atoms with van der Waals surface area (Å²) in [5, 5.41) is 0. The fourth-order valence-electron chi connectivity index (χ4n) is 3.07. The van der Waals surface area contributed by atoms with E-state index < -0.39 is 0 Å². The second kappa shape index (κ2) is 8.84. The van der Waals surface area contributed by atoms with E-state index in [4.69, 9.17) is 9.47 Å². The minimum Gasteiger partial charge on any atom is -0.385 e. The van der Waals surface area contributed by atoms with Crippen molar-refractivity contribution in [3.05, 3.63) is 41.8 Å². The molecule has 0 aromatic heterocycles. The molecule has 1 rings (SSSR count). The standard InChI is InChI=1S/C21H35O2/c1-8-9-17-16-18(20(2,3)12-14-22-6)10-11-19(17)21(4,5)13-15-23-7/h10-11,16H,1,8-9,12-15H2,2-7H3. The van der Waals surface area contributed by atoms with E-state index in [1.54, 1.807) is 14.2 Å². The number of benzene rings is 1. The van der Waals surface area contributed by atoms with Crippen LogP contribution in [-0.2, 0) is 26.7 Å². The Morgan fingerprint density at radius 3 is 2.00 bits per heavy atom. The van der Waals surface area contributed by atoms with Gasteiger partial charge in [-0.3, -0.25) is 0 Å². The topological polar surface area (TPSA) is 18.5 Å². The van der Waals surface area contributed by atoms with Crippen LogP contribution in [0, 0.1) is 6.92 Å². The van der Waals surface area contributed by atoms with Crippen molar-refractivity contribution in [2.24, 2.45) is 0 Å². The molecular formula is C21H35O2. The van der Waals surface area contributed by atoms with Crippen molar-refractivity contribution in [2.75, 3.05) is 27.4 Å². The summed E-state index contributed by atoms with van der Waals surface area (Å²) < 4.78 is 10.6. The highest BCUT2D eigenvalue weighted by molar-refractivity contribution is 5.39. The second-order valence-electron chi connectivity index (χ2n) is 7.73. The van der Waals surface area contributed by atoms with Crippen molar-refractivity contribution < 1.29 is 9.47 Å². The van der Waals surface area contributed by atoms with E-state index in [9.17, 15) is 0 Å². The Morgan fingerprint density at radius 1 is 0.913 bits per heavy atom. The molecule has 0 spiro atoms. The van der Waals surface area contributed by atoms with Crippen molar-refractivity contribution in [3.63, 3.8) is 0 Å². The monoisotopic (exact) mass is 319 g/mol. The lowest BCUT2D eigenvalue weighted by Crippen LogP contribution is -2.24. The van der Waals surface area contributed by atoms with Gasteiger partial charge < -0.3 is 9.47 Å². The van der Waals surface area contributed by atoms with Gasteiger partial charge in [0.15, 0.2) is 0 Å². The van der Waals surface area contributed by atoms with Gasteiger partial charge in [0.1, 0.15) is 0 Å². The quantitative estimate of drug-likeness (QED) is 0.598. The van der Waals surface area contributed by atoms with Crippen LogP contribution in [0.25, 0.3) is 0 Å². The highest BCUT2D eigenvalue weighted by Crippen LogP contribution is 2.35. The summed E-state index contributed by atoms with van der Waals surface area (Å²) in [6.07, 6.45) is 4.01.